The average Bonchev–Trinajstić information content (AvgIpc) is 3.12. The second-order valence-electron chi connectivity index (χ2n) is 4.72. The molecule has 0 saturated carbocycles. The molecular formula is C15H13N3O3S. The smallest absolute Gasteiger partial charge is 0.387 e. The van der Waals surface area contributed by atoms with Crippen LogP contribution in [-0.2, 0) is 11.3 Å². The minimum atomic E-state index is -0.651. The molecule has 0 atom stereocenters. The minimum absolute atomic E-state index is 0.193. The van der Waals surface area contributed by atoms with Crippen molar-refractivity contribution in [2.24, 2.45) is 0 Å². The molecule has 3 aromatic rings. The number of carbonyl (C=O) groups excluding carboxylic acids is 1. The first-order valence-electron chi connectivity index (χ1n) is 6.60. The van der Waals surface area contributed by atoms with Crippen molar-refractivity contribution < 1.29 is 9.21 Å². The van der Waals surface area contributed by atoms with Gasteiger partial charge in [-0.25, -0.2) is 4.79 Å². The van der Waals surface area contributed by atoms with E-state index in [0.717, 1.165) is 15.1 Å². The summed E-state index contributed by atoms with van der Waals surface area (Å²) in [6.07, 6.45) is 0. The van der Waals surface area contributed by atoms with E-state index in [2.05, 4.69) is 10.4 Å². The highest BCUT2D eigenvalue weighted by Gasteiger charge is 2.13. The van der Waals surface area contributed by atoms with Gasteiger partial charge in [-0.2, -0.15) is 4.68 Å². The molecule has 7 heteroatoms. The lowest BCUT2D eigenvalue weighted by Gasteiger charge is -2.04. The predicted octanol–water partition coefficient (Wildman–Crippen LogP) is 2.51. The van der Waals surface area contributed by atoms with Crippen molar-refractivity contribution in [1.82, 2.24) is 9.78 Å². The van der Waals surface area contributed by atoms with Gasteiger partial charge in [-0.15, -0.1) is 16.4 Å². The minimum Gasteiger partial charge on any atom is -0.387 e. The lowest BCUT2D eigenvalue weighted by molar-refractivity contribution is -0.117. The fourth-order valence-electron chi connectivity index (χ4n) is 1.88. The number of hydrogen-bond acceptors (Lipinski definition) is 5. The Bertz CT molecular complexity index is 832. The van der Waals surface area contributed by atoms with Crippen molar-refractivity contribution in [3.05, 3.63) is 57.9 Å². The van der Waals surface area contributed by atoms with E-state index in [1.165, 1.54) is 11.3 Å². The maximum Gasteiger partial charge on any atom is 0.437 e. The summed E-state index contributed by atoms with van der Waals surface area (Å²) in [4.78, 5) is 24.4. The van der Waals surface area contributed by atoms with Crippen LogP contribution in [0.25, 0.3) is 10.8 Å². The monoisotopic (exact) mass is 315 g/mol. The van der Waals surface area contributed by atoms with Gasteiger partial charge in [-0.3, -0.25) is 4.79 Å². The third-order valence-corrected chi connectivity index (χ3v) is 3.82. The van der Waals surface area contributed by atoms with Crippen molar-refractivity contribution in [3.63, 3.8) is 0 Å². The topological polar surface area (TPSA) is 77.1 Å². The molecule has 112 valence electrons. The molecular weight excluding hydrogens is 302 g/mol. The zero-order chi connectivity index (χ0) is 15.5. The lowest BCUT2D eigenvalue weighted by Crippen LogP contribution is -2.25. The highest BCUT2D eigenvalue weighted by molar-refractivity contribution is 7.13. The van der Waals surface area contributed by atoms with Gasteiger partial charge in [-0.05, 0) is 30.5 Å². The van der Waals surface area contributed by atoms with Gasteiger partial charge in [-0.1, -0.05) is 23.8 Å². The van der Waals surface area contributed by atoms with E-state index >= 15 is 0 Å². The van der Waals surface area contributed by atoms with Gasteiger partial charge in [0.25, 0.3) is 5.89 Å². The van der Waals surface area contributed by atoms with Crippen molar-refractivity contribution in [3.8, 4) is 10.8 Å². The number of carbonyl (C=O) groups is 1. The van der Waals surface area contributed by atoms with E-state index in [0.29, 0.717) is 5.69 Å². The fourth-order valence-corrected chi connectivity index (χ4v) is 2.52. The molecule has 0 radical (unpaired) electrons. The predicted molar refractivity (Wildman–Crippen MR) is 83.9 cm³/mol. The van der Waals surface area contributed by atoms with E-state index in [9.17, 15) is 9.59 Å². The van der Waals surface area contributed by atoms with Crippen LogP contribution in [0.2, 0.25) is 0 Å². The molecule has 2 aromatic heterocycles. The molecule has 0 fully saturated rings. The molecule has 2 heterocycles. The molecule has 0 unspecified atom stereocenters. The Balaban J connectivity index is 1.71. The Morgan fingerprint density at radius 3 is 2.77 bits per heavy atom. The largest absolute Gasteiger partial charge is 0.437 e. The van der Waals surface area contributed by atoms with Crippen LogP contribution < -0.4 is 11.1 Å². The highest BCUT2D eigenvalue weighted by Crippen LogP contribution is 2.21. The number of nitrogens with one attached hydrogen (secondary N) is 1. The Morgan fingerprint density at radius 2 is 2.09 bits per heavy atom. The van der Waals surface area contributed by atoms with Crippen LogP contribution in [0.5, 0.6) is 0 Å². The number of aryl methyl sites for hydroxylation is 1. The maximum absolute atomic E-state index is 12.0. The summed E-state index contributed by atoms with van der Waals surface area (Å²) in [7, 11) is 0. The lowest BCUT2D eigenvalue weighted by atomic mass is 10.2. The van der Waals surface area contributed by atoms with Crippen LogP contribution >= 0.6 is 11.3 Å². The van der Waals surface area contributed by atoms with E-state index in [1.54, 1.807) is 18.2 Å². The van der Waals surface area contributed by atoms with E-state index in [4.69, 9.17) is 4.42 Å². The summed E-state index contributed by atoms with van der Waals surface area (Å²) in [6, 6.07) is 11.0. The number of thiophene rings is 1. The first kappa shape index (κ1) is 14.3. The van der Waals surface area contributed by atoms with Crippen molar-refractivity contribution >= 4 is 22.9 Å². The first-order valence-corrected chi connectivity index (χ1v) is 7.48. The molecule has 1 N–H and O–H groups in total. The highest BCUT2D eigenvalue weighted by atomic mass is 32.1. The first-order chi connectivity index (χ1) is 10.6. The number of anilines is 1. The molecule has 1 aromatic carbocycles. The Hall–Kier alpha value is -2.67. The van der Waals surface area contributed by atoms with Crippen LogP contribution in [0.3, 0.4) is 0 Å². The number of aromatic nitrogens is 2. The van der Waals surface area contributed by atoms with Crippen LogP contribution in [0, 0.1) is 6.92 Å². The molecule has 0 aliphatic carbocycles. The summed E-state index contributed by atoms with van der Waals surface area (Å²) in [5.74, 6) is -0.762. The van der Waals surface area contributed by atoms with Crippen LogP contribution in [0.1, 0.15) is 5.56 Å². The Kier molecular flexibility index (Phi) is 3.88. The zero-order valence-corrected chi connectivity index (χ0v) is 12.6. The molecule has 0 aliphatic rings. The molecule has 0 bridgehead atoms. The Labute approximate surface area is 130 Å². The van der Waals surface area contributed by atoms with Gasteiger partial charge >= 0.3 is 5.76 Å². The van der Waals surface area contributed by atoms with Crippen LogP contribution in [0.4, 0.5) is 5.69 Å². The third-order valence-electron chi connectivity index (χ3n) is 2.97. The molecule has 3 rings (SSSR count). The Morgan fingerprint density at radius 1 is 1.32 bits per heavy atom. The number of amides is 1. The number of rotatable bonds is 4. The van der Waals surface area contributed by atoms with E-state index in [1.807, 2.05) is 30.5 Å². The summed E-state index contributed by atoms with van der Waals surface area (Å²) >= 11 is 1.41. The molecule has 6 nitrogen and oxygen atoms in total. The average molecular weight is 315 g/mol. The van der Waals surface area contributed by atoms with Crippen molar-refractivity contribution in [2.45, 2.75) is 13.5 Å². The second kappa shape index (κ2) is 5.98. The SMILES string of the molecule is Cc1ccc(NC(=O)Cn2nc(-c3cccs3)oc2=O)cc1. The molecule has 0 aliphatic heterocycles. The summed E-state index contributed by atoms with van der Waals surface area (Å²) < 4.78 is 6.07. The fraction of sp³-hybridized carbons (Fsp3) is 0.133. The van der Waals surface area contributed by atoms with E-state index in [-0.39, 0.29) is 18.3 Å². The number of benzene rings is 1. The van der Waals surface area contributed by atoms with Crippen molar-refractivity contribution in [2.75, 3.05) is 5.32 Å². The summed E-state index contributed by atoms with van der Waals surface area (Å²) in [5.41, 5.74) is 1.77. The van der Waals surface area contributed by atoms with Crippen LogP contribution in [-0.4, -0.2) is 15.7 Å². The van der Waals surface area contributed by atoms with Gasteiger partial charge in [0.1, 0.15) is 6.54 Å². The normalized spacial score (nSPS) is 10.6. The van der Waals surface area contributed by atoms with Gasteiger partial charge in [0, 0.05) is 5.69 Å². The van der Waals surface area contributed by atoms with Gasteiger partial charge in [0.2, 0.25) is 5.91 Å². The van der Waals surface area contributed by atoms with Gasteiger partial charge in [0.05, 0.1) is 4.88 Å². The molecule has 1 amide bonds. The number of hydrogen-bond donors (Lipinski definition) is 1. The number of nitrogens with zero attached hydrogens (tertiary/aromatic N) is 2. The maximum atomic E-state index is 12.0. The van der Waals surface area contributed by atoms with Crippen molar-refractivity contribution in [1.29, 1.82) is 0 Å². The zero-order valence-electron chi connectivity index (χ0n) is 11.8. The van der Waals surface area contributed by atoms with E-state index < -0.39 is 5.76 Å². The summed E-state index contributed by atoms with van der Waals surface area (Å²) in [6.45, 7) is 1.77. The quantitative estimate of drug-likeness (QED) is 0.802. The third kappa shape index (κ3) is 3.15. The van der Waals surface area contributed by atoms with Crippen LogP contribution in [0.15, 0.2) is 51.0 Å². The molecule has 0 saturated heterocycles. The standard InChI is InChI=1S/C15H13N3O3S/c1-10-4-6-11(7-5-10)16-13(19)9-18-15(20)21-14(17-18)12-3-2-8-22-12/h2-8H,9H2,1H3,(H,16,19). The molecule has 0 spiro atoms. The van der Waals surface area contributed by atoms with Gasteiger partial charge in [0.15, 0.2) is 0 Å². The second-order valence-corrected chi connectivity index (χ2v) is 5.67. The molecule has 22 heavy (non-hydrogen) atoms. The summed E-state index contributed by atoms with van der Waals surface area (Å²) in [5, 5.41) is 8.61. The van der Waals surface area contributed by atoms with Gasteiger partial charge < -0.3 is 9.73 Å².